The molecule has 3 rings (SSSR count). The molecule has 0 bridgehead atoms. The standard InChI is InChI=1S/C16H19N3O/c17-14-8-4-5-9-15-13(14)10-18-16(19-15)11-20-12-6-2-1-3-7-12/h1-3,6-7,10,14H,4-5,8-9,11,17H2. The van der Waals surface area contributed by atoms with Crippen molar-refractivity contribution < 1.29 is 4.74 Å². The molecule has 0 spiro atoms. The van der Waals surface area contributed by atoms with Crippen LogP contribution in [0.3, 0.4) is 0 Å². The first kappa shape index (κ1) is 13.1. The Balaban J connectivity index is 1.73. The van der Waals surface area contributed by atoms with Gasteiger partial charge in [-0.25, -0.2) is 9.97 Å². The first-order chi connectivity index (χ1) is 9.83. The van der Waals surface area contributed by atoms with E-state index in [0.29, 0.717) is 6.61 Å². The molecule has 1 aliphatic carbocycles. The predicted octanol–water partition coefficient (Wildman–Crippen LogP) is 2.78. The summed E-state index contributed by atoms with van der Waals surface area (Å²) in [5, 5.41) is 0. The third-order valence-electron chi connectivity index (χ3n) is 3.64. The number of rotatable bonds is 3. The van der Waals surface area contributed by atoms with Crippen molar-refractivity contribution in [3.05, 3.63) is 53.6 Å². The maximum atomic E-state index is 6.15. The number of nitrogens with two attached hydrogens (primary N) is 1. The van der Waals surface area contributed by atoms with Gasteiger partial charge in [0.2, 0.25) is 0 Å². The lowest BCUT2D eigenvalue weighted by Crippen LogP contribution is -2.14. The summed E-state index contributed by atoms with van der Waals surface area (Å²) in [5.74, 6) is 1.56. The van der Waals surface area contributed by atoms with Crippen LogP contribution in [0.1, 0.15) is 42.4 Å². The minimum Gasteiger partial charge on any atom is -0.486 e. The summed E-state index contributed by atoms with van der Waals surface area (Å²) >= 11 is 0. The van der Waals surface area contributed by atoms with E-state index in [9.17, 15) is 0 Å². The molecule has 2 N–H and O–H groups in total. The molecule has 2 aromatic rings. The Morgan fingerprint density at radius 1 is 1.20 bits per heavy atom. The van der Waals surface area contributed by atoms with Crippen molar-refractivity contribution in [2.45, 2.75) is 38.3 Å². The van der Waals surface area contributed by atoms with E-state index in [-0.39, 0.29) is 6.04 Å². The number of aromatic nitrogens is 2. The zero-order valence-electron chi connectivity index (χ0n) is 11.5. The van der Waals surface area contributed by atoms with Gasteiger partial charge in [-0.1, -0.05) is 24.6 Å². The lowest BCUT2D eigenvalue weighted by Gasteiger charge is -2.12. The van der Waals surface area contributed by atoms with Crippen molar-refractivity contribution in [1.29, 1.82) is 0 Å². The number of aryl methyl sites for hydroxylation is 1. The van der Waals surface area contributed by atoms with Gasteiger partial charge in [-0.2, -0.15) is 0 Å². The van der Waals surface area contributed by atoms with E-state index in [4.69, 9.17) is 10.5 Å². The van der Waals surface area contributed by atoms with E-state index in [2.05, 4.69) is 9.97 Å². The zero-order chi connectivity index (χ0) is 13.8. The Morgan fingerprint density at radius 3 is 2.90 bits per heavy atom. The van der Waals surface area contributed by atoms with Crippen molar-refractivity contribution in [1.82, 2.24) is 9.97 Å². The molecule has 4 heteroatoms. The summed E-state index contributed by atoms with van der Waals surface area (Å²) in [6.07, 6.45) is 6.20. The third kappa shape index (κ3) is 2.96. The van der Waals surface area contributed by atoms with Crippen LogP contribution in [0.25, 0.3) is 0 Å². The van der Waals surface area contributed by atoms with Crippen LogP contribution in [0, 0.1) is 0 Å². The monoisotopic (exact) mass is 269 g/mol. The maximum absolute atomic E-state index is 6.15. The SMILES string of the molecule is NC1CCCCc2nc(COc3ccccc3)ncc21. The van der Waals surface area contributed by atoms with E-state index < -0.39 is 0 Å². The second kappa shape index (κ2) is 6.01. The first-order valence-corrected chi connectivity index (χ1v) is 7.11. The number of hydrogen-bond donors (Lipinski definition) is 1. The number of benzene rings is 1. The summed E-state index contributed by atoms with van der Waals surface area (Å²) < 4.78 is 5.68. The van der Waals surface area contributed by atoms with E-state index in [1.54, 1.807) is 0 Å². The van der Waals surface area contributed by atoms with Crippen molar-refractivity contribution >= 4 is 0 Å². The van der Waals surface area contributed by atoms with Crippen molar-refractivity contribution in [3.63, 3.8) is 0 Å². The fourth-order valence-electron chi connectivity index (χ4n) is 2.52. The van der Waals surface area contributed by atoms with Crippen LogP contribution in [0.5, 0.6) is 5.75 Å². The van der Waals surface area contributed by atoms with Crippen LogP contribution >= 0.6 is 0 Å². The van der Waals surface area contributed by atoms with Crippen LogP contribution in [-0.4, -0.2) is 9.97 Å². The molecule has 1 unspecified atom stereocenters. The molecule has 1 aromatic carbocycles. The molecule has 1 heterocycles. The highest BCUT2D eigenvalue weighted by atomic mass is 16.5. The summed E-state index contributed by atoms with van der Waals surface area (Å²) in [5.41, 5.74) is 8.35. The number of ether oxygens (including phenoxy) is 1. The molecule has 0 saturated carbocycles. The Bertz CT molecular complexity index is 571. The van der Waals surface area contributed by atoms with Crippen LogP contribution in [0.2, 0.25) is 0 Å². The summed E-state index contributed by atoms with van der Waals surface area (Å²) in [6, 6.07) is 9.81. The Morgan fingerprint density at radius 2 is 2.05 bits per heavy atom. The minimum atomic E-state index is 0.0802. The van der Waals surface area contributed by atoms with Crippen LogP contribution in [-0.2, 0) is 13.0 Å². The highest BCUT2D eigenvalue weighted by Gasteiger charge is 2.17. The number of hydrogen-bond acceptors (Lipinski definition) is 4. The van der Waals surface area contributed by atoms with Crippen LogP contribution in [0.4, 0.5) is 0 Å². The van der Waals surface area contributed by atoms with Crippen molar-refractivity contribution in [2.24, 2.45) is 5.73 Å². The Hall–Kier alpha value is -1.94. The molecule has 0 amide bonds. The fourth-order valence-corrected chi connectivity index (χ4v) is 2.52. The highest BCUT2D eigenvalue weighted by molar-refractivity contribution is 5.24. The molecule has 0 saturated heterocycles. The van der Waals surface area contributed by atoms with Gasteiger partial charge in [0.1, 0.15) is 12.4 Å². The van der Waals surface area contributed by atoms with Crippen molar-refractivity contribution in [3.8, 4) is 5.75 Å². The van der Waals surface area contributed by atoms with Crippen LogP contribution in [0.15, 0.2) is 36.5 Å². The summed E-state index contributed by atoms with van der Waals surface area (Å²) in [4.78, 5) is 9.01. The molecule has 0 aliphatic heterocycles. The van der Waals surface area contributed by atoms with Gasteiger partial charge >= 0.3 is 0 Å². The average molecular weight is 269 g/mol. The van der Waals surface area contributed by atoms with Gasteiger partial charge in [0.25, 0.3) is 0 Å². The molecule has 1 aliphatic rings. The summed E-state index contributed by atoms with van der Waals surface area (Å²) in [6.45, 7) is 0.395. The molecule has 1 atom stereocenters. The second-order valence-electron chi connectivity index (χ2n) is 5.14. The van der Waals surface area contributed by atoms with Gasteiger partial charge in [0.15, 0.2) is 5.82 Å². The van der Waals surface area contributed by atoms with Gasteiger partial charge in [-0.3, -0.25) is 0 Å². The number of fused-ring (bicyclic) bond motifs is 1. The van der Waals surface area contributed by atoms with E-state index in [1.165, 1.54) is 0 Å². The lowest BCUT2D eigenvalue weighted by atomic mass is 10.1. The zero-order valence-corrected chi connectivity index (χ0v) is 11.5. The third-order valence-corrected chi connectivity index (χ3v) is 3.64. The molecular formula is C16H19N3O. The molecule has 0 fully saturated rings. The van der Waals surface area contributed by atoms with Gasteiger partial charge < -0.3 is 10.5 Å². The second-order valence-corrected chi connectivity index (χ2v) is 5.14. The average Bonchev–Trinajstić information content (AvgIpc) is 2.68. The normalized spacial score (nSPS) is 18.1. The maximum Gasteiger partial charge on any atom is 0.166 e. The van der Waals surface area contributed by atoms with Crippen molar-refractivity contribution in [2.75, 3.05) is 0 Å². The quantitative estimate of drug-likeness (QED) is 0.870. The van der Waals surface area contributed by atoms with Gasteiger partial charge in [-0.05, 0) is 31.4 Å². The molecule has 104 valence electrons. The van der Waals surface area contributed by atoms with E-state index >= 15 is 0 Å². The fraction of sp³-hybridized carbons (Fsp3) is 0.375. The predicted molar refractivity (Wildman–Crippen MR) is 77.3 cm³/mol. The lowest BCUT2D eigenvalue weighted by molar-refractivity contribution is 0.295. The molecule has 20 heavy (non-hydrogen) atoms. The first-order valence-electron chi connectivity index (χ1n) is 7.11. The topological polar surface area (TPSA) is 61.0 Å². The molecule has 4 nitrogen and oxygen atoms in total. The highest BCUT2D eigenvalue weighted by Crippen LogP contribution is 2.25. The smallest absolute Gasteiger partial charge is 0.166 e. The Kier molecular flexibility index (Phi) is 3.92. The van der Waals surface area contributed by atoms with E-state index in [1.807, 2.05) is 36.5 Å². The van der Waals surface area contributed by atoms with E-state index in [0.717, 1.165) is 48.5 Å². The largest absolute Gasteiger partial charge is 0.486 e. The number of para-hydroxylation sites is 1. The molecular weight excluding hydrogens is 250 g/mol. The number of nitrogens with zero attached hydrogens (tertiary/aromatic N) is 2. The minimum absolute atomic E-state index is 0.0802. The summed E-state index contributed by atoms with van der Waals surface area (Å²) in [7, 11) is 0. The van der Waals surface area contributed by atoms with Gasteiger partial charge in [0, 0.05) is 23.5 Å². The van der Waals surface area contributed by atoms with Crippen LogP contribution < -0.4 is 10.5 Å². The van der Waals surface area contributed by atoms with Gasteiger partial charge in [-0.15, -0.1) is 0 Å². The van der Waals surface area contributed by atoms with Gasteiger partial charge in [0.05, 0.1) is 0 Å². The Labute approximate surface area is 119 Å². The molecule has 0 radical (unpaired) electrons. The molecule has 1 aromatic heterocycles.